The number of hydrogen-bond donors (Lipinski definition) is 0. The van der Waals surface area contributed by atoms with Crippen molar-refractivity contribution in [2.24, 2.45) is 0 Å². The zero-order valence-electron chi connectivity index (χ0n) is 6.80. The molecule has 0 N–H and O–H groups in total. The van der Waals surface area contributed by atoms with Gasteiger partial charge >= 0.3 is 0 Å². The zero-order chi connectivity index (χ0) is 9.68. The lowest BCUT2D eigenvalue weighted by Gasteiger charge is -1.93. The number of nitro groups is 1. The molecule has 1 heterocycles. The van der Waals surface area contributed by atoms with Crippen LogP contribution in [0.1, 0.15) is 5.69 Å². The van der Waals surface area contributed by atoms with E-state index in [0.717, 1.165) is 0 Å². The molecule has 0 fully saturated rings. The first kappa shape index (κ1) is 9.13. The van der Waals surface area contributed by atoms with E-state index in [1.807, 2.05) is 0 Å². The van der Waals surface area contributed by atoms with Gasteiger partial charge in [0.2, 0.25) is 6.54 Å². The molecule has 0 aliphatic carbocycles. The first-order chi connectivity index (χ1) is 6.24. The van der Waals surface area contributed by atoms with Crippen LogP contribution in [0.5, 0.6) is 0 Å². The van der Waals surface area contributed by atoms with Gasteiger partial charge in [-0.15, -0.1) is 0 Å². The monoisotopic (exact) mass is 177 g/mol. The molecule has 0 saturated carbocycles. The number of nitrogens with zero attached hydrogens (tertiary/aromatic N) is 3. The number of pyridine rings is 1. The Balaban J connectivity index is 2.71. The van der Waals surface area contributed by atoms with Crippen LogP contribution in [0.15, 0.2) is 18.3 Å². The summed E-state index contributed by atoms with van der Waals surface area (Å²) in [6.45, 7) is 6.92. The van der Waals surface area contributed by atoms with Crippen LogP contribution in [0.4, 0.5) is 5.69 Å². The molecule has 1 rings (SSSR count). The average molecular weight is 177 g/mol. The summed E-state index contributed by atoms with van der Waals surface area (Å²) in [6.07, 6.45) is 1.75. The molecule has 0 atom stereocenters. The van der Waals surface area contributed by atoms with Gasteiger partial charge in [-0.05, 0) is 6.07 Å². The Labute approximate surface area is 75.0 Å². The normalized spacial score (nSPS) is 9.15. The first-order valence-electron chi connectivity index (χ1n) is 3.66. The quantitative estimate of drug-likeness (QED) is 0.399. The Morgan fingerprint density at radius 3 is 2.85 bits per heavy atom. The number of rotatable bonds is 3. The van der Waals surface area contributed by atoms with Gasteiger partial charge in [0.05, 0.1) is 11.3 Å². The predicted octanol–water partition coefficient (Wildman–Crippen LogP) is 1.45. The molecule has 5 heteroatoms. The van der Waals surface area contributed by atoms with Gasteiger partial charge in [0.1, 0.15) is 6.20 Å². The molecular weight excluding hydrogens is 170 g/mol. The highest BCUT2D eigenvalue weighted by Gasteiger charge is 2.05. The van der Waals surface area contributed by atoms with Crippen LogP contribution in [0.25, 0.3) is 4.85 Å². The van der Waals surface area contributed by atoms with Gasteiger partial charge in [-0.3, -0.25) is 15.1 Å². The molecule has 5 nitrogen and oxygen atoms in total. The van der Waals surface area contributed by atoms with Crippen molar-refractivity contribution in [3.8, 4) is 0 Å². The highest BCUT2D eigenvalue weighted by Crippen LogP contribution is 2.08. The van der Waals surface area contributed by atoms with Crippen LogP contribution in [-0.4, -0.2) is 16.5 Å². The predicted molar refractivity (Wildman–Crippen MR) is 46.1 cm³/mol. The van der Waals surface area contributed by atoms with E-state index in [2.05, 4.69) is 9.83 Å². The Morgan fingerprint density at radius 2 is 2.38 bits per heavy atom. The average Bonchev–Trinajstić information content (AvgIpc) is 2.15. The van der Waals surface area contributed by atoms with E-state index in [4.69, 9.17) is 6.57 Å². The maximum Gasteiger partial charge on any atom is 0.287 e. The van der Waals surface area contributed by atoms with Crippen LogP contribution < -0.4 is 0 Å². The van der Waals surface area contributed by atoms with Crippen LogP contribution in [0.3, 0.4) is 0 Å². The SMILES string of the molecule is [C-]#[N+]CCc1ccc([N+](=O)[O-])cn1. The largest absolute Gasteiger partial charge is 0.317 e. The Hall–Kier alpha value is -1.96. The smallest absolute Gasteiger partial charge is 0.287 e. The summed E-state index contributed by atoms with van der Waals surface area (Å²) in [5.41, 5.74) is 0.688. The van der Waals surface area contributed by atoms with Crippen molar-refractivity contribution < 1.29 is 4.92 Å². The summed E-state index contributed by atoms with van der Waals surface area (Å²) in [5.74, 6) is 0. The molecule has 1 aromatic rings. The maximum atomic E-state index is 10.2. The lowest BCUT2D eigenvalue weighted by atomic mass is 10.2. The van der Waals surface area contributed by atoms with E-state index in [0.29, 0.717) is 18.7 Å². The van der Waals surface area contributed by atoms with Crippen LogP contribution in [-0.2, 0) is 6.42 Å². The third kappa shape index (κ3) is 2.52. The van der Waals surface area contributed by atoms with Crippen LogP contribution in [0, 0.1) is 16.7 Å². The zero-order valence-corrected chi connectivity index (χ0v) is 6.80. The fourth-order valence-electron chi connectivity index (χ4n) is 0.843. The van der Waals surface area contributed by atoms with E-state index in [1.165, 1.54) is 12.3 Å². The molecule has 0 spiro atoms. The molecular formula is C8H7N3O2. The lowest BCUT2D eigenvalue weighted by Crippen LogP contribution is -1.94. The fraction of sp³-hybridized carbons (Fsp3) is 0.250. The molecule has 1 aromatic heterocycles. The molecule has 13 heavy (non-hydrogen) atoms. The Kier molecular flexibility index (Phi) is 2.92. The lowest BCUT2D eigenvalue weighted by molar-refractivity contribution is -0.385. The third-order valence-electron chi connectivity index (χ3n) is 1.50. The summed E-state index contributed by atoms with van der Waals surface area (Å²) < 4.78 is 0. The van der Waals surface area contributed by atoms with Gasteiger partial charge in [0, 0.05) is 11.8 Å². The Morgan fingerprint density at radius 1 is 1.62 bits per heavy atom. The molecule has 0 aliphatic heterocycles. The molecule has 66 valence electrons. The highest BCUT2D eigenvalue weighted by atomic mass is 16.6. The standard InChI is InChI=1S/C8H7N3O2/c1-9-5-4-7-2-3-8(6-10-7)11(12)13/h2-3,6H,4-5H2. The minimum atomic E-state index is -0.494. The van der Waals surface area contributed by atoms with Crippen molar-refractivity contribution >= 4 is 5.69 Å². The van der Waals surface area contributed by atoms with E-state index in [-0.39, 0.29) is 5.69 Å². The molecule has 0 radical (unpaired) electrons. The van der Waals surface area contributed by atoms with Gasteiger partial charge in [-0.25, -0.2) is 6.57 Å². The van der Waals surface area contributed by atoms with Crippen molar-refractivity contribution in [2.45, 2.75) is 6.42 Å². The van der Waals surface area contributed by atoms with E-state index < -0.39 is 4.92 Å². The highest BCUT2D eigenvalue weighted by molar-refractivity contribution is 5.26. The minimum Gasteiger partial charge on any atom is -0.317 e. The summed E-state index contributed by atoms with van der Waals surface area (Å²) in [7, 11) is 0. The van der Waals surface area contributed by atoms with Gasteiger partial charge in [-0.1, -0.05) is 0 Å². The number of aromatic nitrogens is 1. The molecule has 0 amide bonds. The van der Waals surface area contributed by atoms with Crippen molar-refractivity contribution in [3.05, 3.63) is 45.6 Å². The van der Waals surface area contributed by atoms with Crippen molar-refractivity contribution in [1.82, 2.24) is 4.98 Å². The summed E-state index contributed by atoms with van der Waals surface area (Å²) in [5, 5.41) is 10.2. The summed E-state index contributed by atoms with van der Waals surface area (Å²) in [6, 6.07) is 2.97. The second-order valence-electron chi connectivity index (χ2n) is 2.40. The molecule has 0 aliphatic rings. The second kappa shape index (κ2) is 4.16. The third-order valence-corrected chi connectivity index (χ3v) is 1.50. The van der Waals surface area contributed by atoms with Crippen molar-refractivity contribution in [1.29, 1.82) is 0 Å². The fourth-order valence-corrected chi connectivity index (χ4v) is 0.843. The van der Waals surface area contributed by atoms with Crippen LogP contribution in [0.2, 0.25) is 0 Å². The minimum absolute atomic E-state index is 0.0217. The Bertz CT molecular complexity index is 339. The number of hydrogen-bond acceptors (Lipinski definition) is 3. The maximum absolute atomic E-state index is 10.2. The van der Waals surface area contributed by atoms with E-state index in [9.17, 15) is 10.1 Å². The van der Waals surface area contributed by atoms with E-state index in [1.54, 1.807) is 6.07 Å². The van der Waals surface area contributed by atoms with Crippen molar-refractivity contribution in [3.63, 3.8) is 0 Å². The molecule has 0 saturated heterocycles. The molecule has 0 aromatic carbocycles. The van der Waals surface area contributed by atoms with Crippen LogP contribution >= 0.6 is 0 Å². The van der Waals surface area contributed by atoms with Gasteiger partial charge in [0.15, 0.2) is 0 Å². The van der Waals surface area contributed by atoms with E-state index >= 15 is 0 Å². The van der Waals surface area contributed by atoms with Gasteiger partial charge in [0.25, 0.3) is 5.69 Å². The topological polar surface area (TPSA) is 60.4 Å². The summed E-state index contributed by atoms with van der Waals surface area (Å²) in [4.78, 5) is 16.8. The second-order valence-corrected chi connectivity index (χ2v) is 2.40. The molecule has 0 bridgehead atoms. The summed E-state index contributed by atoms with van der Waals surface area (Å²) >= 11 is 0. The molecule has 0 unspecified atom stereocenters. The first-order valence-corrected chi connectivity index (χ1v) is 3.66. The van der Waals surface area contributed by atoms with Gasteiger partial charge < -0.3 is 4.85 Å². The van der Waals surface area contributed by atoms with Crippen molar-refractivity contribution in [2.75, 3.05) is 6.54 Å². The van der Waals surface area contributed by atoms with Gasteiger partial charge in [-0.2, -0.15) is 0 Å².